The highest BCUT2D eigenvalue weighted by Crippen LogP contribution is 2.20. The molecule has 0 atom stereocenters. The second-order valence-electron chi connectivity index (χ2n) is 4.59. The number of anilines is 2. The number of nitrogens with one attached hydrogen (secondary N) is 1. The van der Waals surface area contributed by atoms with Crippen molar-refractivity contribution in [3.05, 3.63) is 23.8 Å². The summed E-state index contributed by atoms with van der Waals surface area (Å²) in [4.78, 5) is 22.3. The molecule has 0 unspecified atom stereocenters. The highest BCUT2D eigenvalue weighted by Gasteiger charge is 2.09. The second-order valence-corrected chi connectivity index (χ2v) is 4.59. The maximum absolute atomic E-state index is 11.6. The van der Waals surface area contributed by atoms with Gasteiger partial charge in [-0.25, -0.2) is 4.79 Å². The Kier molecular flexibility index (Phi) is 4.71. The van der Waals surface area contributed by atoms with Gasteiger partial charge in [-0.3, -0.25) is 4.79 Å². The summed E-state index contributed by atoms with van der Waals surface area (Å²) < 4.78 is 0. The van der Waals surface area contributed by atoms with Crippen molar-refractivity contribution in [3.8, 4) is 0 Å². The highest BCUT2D eigenvalue weighted by molar-refractivity contribution is 5.96. The van der Waals surface area contributed by atoms with E-state index in [1.54, 1.807) is 0 Å². The fourth-order valence-electron chi connectivity index (χ4n) is 1.44. The number of carbonyl (C=O) groups excluding carboxylic acids is 1. The van der Waals surface area contributed by atoms with E-state index in [-0.39, 0.29) is 17.2 Å². The summed E-state index contributed by atoms with van der Waals surface area (Å²) in [5, 5.41) is 11.5. The molecule has 1 rings (SSSR count). The second kappa shape index (κ2) is 6.05. The number of amides is 1. The zero-order valence-electron chi connectivity index (χ0n) is 10.6. The van der Waals surface area contributed by atoms with E-state index in [0.717, 1.165) is 6.42 Å². The van der Waals surface area contributed by atoms with Crippen molar-refractivity contribution in [1.82, 2.24) is 0 Å². The molecule has 0 heterocycles. The van der Waals surface area contributed by atoms with Crippen molar-refractivity contribution >= 4 is 23.3 Å². The predicted octanol–water partition coefficient (Wildman–Crippen LogP) is 2.34. The first-order valence-corrected chi connectivity index (χ1v) is 5.83. The number of nitrogen functional groups attached to an aromatic ring is 1. The summed E-state index contributed by atoms with van der Waals surface area (Å²) in [5.41, 5.74) is 6.50. The lowest BCUT2D eigenvalue weighted by Gasteiger charge is -2.09. The SMILES string of the molecule is CC(C)CCC(=O)Nc1ccc(C(=O)O)cc1N. The summed E-state index contributed by atoms with van der Waals surface area (Å²) in [5.74, 6) is -0.694. The van der Waals surface area contributed by atoms with Crippen molar-refractivity contribution < 1.29 is 14.7 Å². The van der Waals surface area contributed by atoms with Crippen LogP contribution in [0.15, 0.2) is 18.2 Å². The molecule has 0 aliphatic rings. The molecular weight excluding hydrogens is 232 g/mol. The summed E-state index contributed by atoms with van der Waals surface area (Å²) in [6, 6.07) is 4.25. The molecule has 1 aromatic carbocycles. The number of aromatic carboxylic acids is 1. The summed E-state index contributed by atoms with van der Waals surface area (Å²) in [6.45, 7) is 4.09. The van der Waals surface area contributed by atoms with Crippen LogP contribution < -0.4 is 11.1 Å². The molecule has 0 saturated carbocycles. The van der Waals surface area contributed by atoms with Crippen LogP contribution in [0.1, 0.15) is 37.0 Å². The zero-order valence-corrected chi connectivity index (χ0v) is 10.6. The molecule has 0 spiro atoms. The number of carboxylic acid groups (broad SMARTS) is 1. The Morgan fingerprint density at radius 3 is 2.56 bits per heavy atom. The molecule has 0 aromatic heterocycles. The molecule has 5 nitrogen and oxygen atoms in total. The van der Waals surface area contributed by atoms with E-state index in [1.165, 1.54) is 18.2 Å². The third-order valence-corrected chi connectivity index (χ3v) is 2.52. The third kappa shape index (κ3) is 4.08. The van der Waals surface area contributed by atoms with Gasteiger partial charge in [0.1, 0.15) is 0 Å². The number of carbonyl (C=O) groups is 2. The first kappa shape index (κ1) is 14.0. The average Bonchev–Trinajstić information content (AvgIpc) is 2.29. The van der Waals surface area contributed by atoms with Crippen LogP contribution in [0.3, 0.4) is 0 Å². The van der Waals surface area contributed by atoms with Crippen LogP contribution in [0.5, 0.6) is 0 Å². The van der Waals surface area contributed by atoms with Gasteiger partial charge in [0.15, 0.2) is 0 Å². The molecule has 0 radical (unpaired) electrons. The van der Waals surface area contributed by atoms with Gasteiger partial charge >= 0.3 is 5.97 Å². The van der Waals surface area contributed by atoms with Crippen LogP contribution in [0.4, 0.5) is 11.4 Å². The predicted molar refractivity (Wildman–Crippen MR) is 70.5 cm³/mol. The molecule has 1 amide bonds. The minimum absolute atomic E-state index is 0.104. The normalized spacial score (nSPS) is 10.4. The van der Waals surface area contributed by atoms with E-state index in [1.807, 2.05) is 13.8 Å². The van der Waals surface area contributed by atoms with Gasteiger partial charge < -0.3 is 16.2 Å². The number of carboxylic acids is 1. The highest BCUT2D eigenvalue weighted by atomic mass is 16.4. The van der Waals surface area contributed by atoms with Crippen LogP contribution in [-0.2, 0) is 4.79 Å². The number of nitrogens with two attached hydrogens (primary N) is 1. The largest absolute Gasteiger partial charge is 0.478 e. The van der Waals surface area contributed by atoms with Gasteiger partial charge in [-0.15, -0.1) is 0 Å². The first-order chi connectivity index (χ1) is 8.40. The summed E-state index contributed by atoms with van der Waals surface area (Å²) in [6.07, 6.45) is 1.23. The van der Waals surface area contributed by atoms with Crippen molar-refractivity contribution in [1.29, 1.82) is 0 Å². The number of hydrogen-bond acceptors (Lipinski definition) is 3. The van der Waals surface area contributed by atoms with Crippen LogP contribution in [-0.4, -0.2) is 17.0 Å². The van der Waals surface area contributed by atoms with Gasteiger partial charge in [-0.1, -0.05) is 13.8 Å². The third-order valence-electron chi connectivity index (χ3n) is 2.52. The molecule has 5 heteroatoms. The van der Waals surface area contributed by atoms with Gasteiger partial charge in [0.25, 0.3) is 0 Å². The Bertz CT molecular complexity index is 456. The monoisotopic (exact) mass is 250 g/mol. The van der Waals surface area contributed by atoms with E-state index < -0.39 is 5.97 Å². The molecule has 0 aliphatic carbocycles. The van der Waals surface area contributed by atoms with Gasteiger partial charge in [0, 0.05) is 6.42 Å². The van der Waals surface area contributed by atoms with Crippen molar-refractivity contribution in [2.75, 3.05) is 11.1 Å². The molecule has 0 fully saturated rings. The fourth-order valence-corrected chi connectivity index (χ4v) is 1.44. The van der Waals surface area contributed by atoms with Gasteiger partial charge in [0.2, 0.25) is 5.91 Å². The van der Waals surface area contributed by atoms with Gasteiger partial charge in [-0.2, -0.15) is 0 Å². The Labute approximate surface area is 106 Å². The Morgan fingerprint density at radius 2 is 2.06 bits per heavy atom. The van der Waals surface area contributed by atoms with E-state index >= 15 is 0 Å². The fraction of sp³-hybridized carbons (Fsp3) is 0.385. The van der Waals surface area contributed by atoms with Crippen molar-refractivity contribution in [2.24, 2.45) is 5.92 Å². The maximum atomic E-state index is 11.6. The number of benzene rings is 1. The number of hydrogen-bond donors (Lipinski definition) is 3. The lowest BCUT2D eigenvalue weighted by molar-refractivity contribution is -0.116. The molecule has 98 valence electrons. The lowest BCUT2D eigenvalue weighted by Crippen LogP contribution is -2.13. The smallest absolute Gasteiger partial charge is 0.335 e. The molecule has 1 aromatic rings. The average molecular weight is 250 g/mol. The molecule has 4 N–H and O–H groups in total. The molecule has 18 heavy (non-hydrogen) atoms. The lowest BCUT2D eigenvalue weighted by atomic mass is 10.1. The molecule has 0 saturated heterocycles. The minimum Gasteiger partial charge on any atom is -0.478 e. The van der Waals surface area contributed by atoms with Crippen molar-refractivity contribution in [2.45, 2.75) is 26.7 Å². The van der Waals surface area contributed by atoms with Gasteiger partial charge in [0.05, 0.1) is 16.9 Å². The maximum Gasteiger partial charge on any atom is 0.335 e. The Balaban J connectivity index is 2.68. The van der Waals surface area contributed by atoms with E-state index in [0.29, 0.717) is 18.0 Å². The summed E-state index contributed by atoms with van der Waals surface area (Å²) in [7, 11) is 0. The summed E-state index contributed by atoms with van der Waals surface area (Å²) >= 11 is 0. The first-order valence-electron chi connectivity index (χ1n) is 5.83. The standard InChI is InChI=1S/C13H18N2O3/c1-8(2)3-6-12(16)15-11-5-4-9(13(17)18)7-10(11)14/h4-5,7-8H,3,6,14H2,1-2H3,(H,15,16)(H,17,18). The minimum atomic E-state index is -1.04. The van der Waals surface area contributed by atoms with Crippen LogP contribution in [0, 0.1) is 5.92 Å². The zero-order chi connectivity index (χ0) is 13.7. The molecule has 0 aliphatic heterocycles. The molecule has 0 bridgehead atoms. The number of rotatable bonds is 5. The van der Waals surface area contributed by atoms with Gasteiger partial charge in [-0.05, 0) is 30.5 Å². The Hall–Kier alpha value is -2.04. The van der Waals surface area contributed by atoms with Crippen molar-refractivity contribution in [3.63, 3.8) is 0 Å². The molecular formula is C13H18N2O3. The van der Waals surface area contributed by atoms with Crippen LogP contribution in [0.2, 0.25) is 0 Å². The van der Waals surface area contributed by atoms with Crippen LogP contribution >= 0.6 is 0 Å². The van der Waals surface area contributed by atoms with E-state index in [2.05, 4.69) is 5.32 Å². The Morgan fingerprint density at radius 1 is 1.39 bits per heavy atom. The quantitative estimate of drug-likeness (QED) is 0.699. The van der Waals surface area contributed by atoms with E-state index in [4.69, 9.17) is 10.8 Å². The van der Waals surface area contributed by atoms with Crippen LogP contribution in [0.25, 0.3) is 0 Å². The van der Waals surface area contributed by atoms with E-state index in [9.17, 15) is 9.59 Å². The topological polar surface area (TPSA) is 92.4 Å².